The molecule has 0 saturated heterocycles. The van der Waals surface area contributed by atoms with Crippen LogP contribution in [0.2, 0.25) is 0 Å². The summed E-state index contributed by atoms with van der Waals surface area (Å²) in [6.45, 7) is 1.45. The average Bonchev–Trinajstić information content (AvgIpc) is 3.08. The van der Waals surface area contributed by atoms with Crippen LogP contribution in [0.1, 0.15) is 39.3 Å². The number of aromatic nitrogens is 1. The number of anilines is 1. The first kappa shape index (κ1) is 15.0. The second-order valence-electron chi connectivity index (χ2n) is 5.52. The number of fused-ring (bicyclic) bond motifs is 1. The first-order valence-corrected chi connectivity index (χ1v) is 7.24. The largest absolute Gasteiger partial charge is 0.453 e. The fourth-order valence-electron chi connectivity index (χ4n) is 2.55. The first-order chi connectivity index (χ1) is 11.0. The molecule has 2 heterocycles. The highest BCUT2D eigenvalue weighted by Gasteiger charge is 2.27. The normalized spacial score (nSPS) is 15.9. The molecule has 0 fully saturated rings. The molecular formula is C17H16N2O4. The van der Waals surface area contributed by atoms with Gasteiger partial charge >= 0.3 is 5.97 Å². The third kappa shape index (κ3) is 2.75. The van der Waals surface area contributed by atoms with Crippen LogP contribution in [0.4, 0.5) is 5.69 Å². The molecule has 1 aromatic carbocycles. The lowest BCUT2D eigenvalue weighted by Gasteiger charge is -2.07. The molecule has 6 nitrogen and oxygen atoms in total. The fraction of sp³-hybridized carbons (Fsp3) is 0.235. The van der Waals surface area contributed by atoms with Gasteiger partial charge in [-0.3, -0.25) is 9.59 Å². The van der Waals surface area contributed by atoms with E-state index in [2.05, 4.69) is 5.32 Å². The van der Waals surface area contributed by atoms with Gasteiger partial charge in [0.05, 0.1) is 5.92 Å². The van der Waals surface area contributed by atoms with Crippen LogP contribution >= 0.6 is 0 Å². The third-order valence-electron chi connectivity index (χ3n) is 3.98. The summed E-state index contributed by atoms with van der Waals surface area (Å²) in [6, 6.07) is 8.35. The number of hydrogen-bond acceptors (Lipinski definition) is 4. The minimum atomic E-state index is -0.544. The molecular weight excluding hydrogens is 296 g/mol. The van der Waals surface area contributed by atoms with Crippen molar-refractivity contribution in [3.8, 4) is 0 Å². The number of hydrogen-bond donors (Lipinski definition) is 1. The molecule has 0 bridgehead atoms. The van der Waals surface area contributed by atoms with E-state index in [1.54, 1.807) is 55.1 Å². The zero-order valence-corrected chi connectivity index (χ0v) is 12.8. The number of amides is 1. The minimum Gasteiger partial charge on any atom is -0.453 e. The number of aryl methyl sites for hydroxylation is 1. The molecule has 118 valence electrons. The lowest BCUT2D eigenvalue weighted by atomic mass is 9.99. The van der Waals surface area contributed by atoms with Gasteiger partial charge in [0, 0.05) is 24.5 Å². The predicted octanol–water partition coefficient (Wildman–Crippen LogP) is 2.12. The maximum Gasteiger partial charge on any atom is 0.355 e. The van der Waals surface area contributed by atoms with Crippen molar-refractivity contribution >= 4 is 23.3 Å². The van der Waals surface area contributed by atoms with Crippen molar-refractivity contribution in [1.29, 1.82) is 0 Å². The molecule has 0 saturated carbocycles. The topological polar surface area (TPSA) is 77.4 Å². The van der Waals surface area contributed by atoms with Crippen molar-refractivity contribution < 1.29 is 19.1 Å². The highest BCUT2D eigenvalue weighted by Crippen LogP contribution is 2.32. The Kier molecular flexibility index (Phi) is 3.73. The van der Waals surface area contributed by atoms with Crippen molar-refractivity contribution in [2.75, 3.05) is 11.9 Å². The van der Waals surface area contributed by atoms with E-state index in [-0.39, 0.29) is 24.2 Å². The zero-order chi connectivity index (χ0) is 16.6. The van der Waals surface area contributed by atoms with Crippen molar-refractivity contribution in [3.05, 3.63) is 53.3 Å². The van der Waals surface area contributed by atoms with Gasteiger partial charge in [-0.05, 0) is 42.8 Å². The number of rotatable bonds is 4. The van der Waals surface area contributed by atoms with Gasteiger partial charge in [-0.15, -0.1) is 0 Å². The monoisotopic (exact) mass is 312 g/mol. The zero-order valence-electron chi connectivity index (χ0n) is 12.8. The summed E-state index contributed by atoms with van der Waals surface area (Å²) in [4.78, 5) is 35.7. The second kappa shape index (κ2) is 5.72. The van der Waals surface area contributed by atoms with Gasteiger partial charge in [-0.1, -0.05) is 0 Å². The van der Waals surface area contributed by atoms with E-state index in [0.29, 0.717) is 11.3 Å². The summed E-state index contributed by atoms with van der Waals surface area (Å²) in [5.74, 6) is -1.22. The van der Waals surface area contributed by atoms with Crippen LogP contribution in [0, 0.1) is 0 Å². The van der Waals surface area contributed by atoms with Gasteiger partial charge in [0.1, 0.15) is 5.69 Å². The van der Waals surface area contributed by atoms with E-state index in [9.17, 15) is 14.4 Å². The second-order valence-corrected chi connectivity index (χ2v) is 5.52. The molecule has 1 N–H and O–H groups in total. The SMILES string of the molecule is C[C@H]1C(=O)Nc2ccc(C(=O)COC(=O)c3cccn3C)cc21. The number of nitrogens with zero attached hydrogens (tertiary/aromatic N) is 1. The van der Waals surface area contributed by atoms with E-state index in [4.69, 9.17) is 4.74 Å². The Labute approximate surface area is 133 Å². The Morgan fingerprint density at radius 2 is 2.09 bits per heavy atom. The van der Waals surface area contributed by atoms with Crippen LogP contribution < -0.4 is 5.32 Å². The third-order valence-corrected chi connectivity index (χ3v) is 3.98. The van der Waals surface area contributed by atoms with Crippen molar-refractivity contribution in [2.45, 2.75) is 12.8 Å². The van der Waals surface area contributed by atoms with Crippen molar-refractivity contribution in [1.82, 2.24) is 4.57 Å². The number of nitrogens with one attached hydrogen (secondary N) is 1. The average molecular weight is 312 g/mol. The van der Waals surface area contributed by atoms with E-state index in [1.807, 2.05) is 0 Å². The Hall–Kier alpha value is -2.89. The van der Waals surface area contributed by atoms with Gasteiger partial charge in [0.25, 0.3) is 0 Å². The summed E-state index contributed by atoms with van der Waals surface area (Å²) in [7, 11) is 1.73. The molecule has 3 rings (SSSR count). The molecule has 1 aromatic heterocycles. The molecule has 1 aliphatic heterocycles. The number of carbonyl (C=O) groups excluding carboxylic acids is 3. The Balaban J connectivity index is 1.69. The summed E-state index contributed by atoms with van der Waals surface area (Å²) in [6.07, 6.45) is 1.73. The van der Waals surface area contributed by atoms with Crippen LogP contribution in [-0.2, 0) is 16.6 Å². The Morgan fingerprint density at radius 1 is 1.30 bits per heavy atom. The van der Waals surface area contributed by atoms with Crippen LogP contribution in [-0.4, -0.2) is 28.8 Å². The van der Waals surface area contributed by atoms with Crippen LogP contribution in [0.15, 0.2) is 36.5 Å². The van der Waals surface area contributed by atoms with Gasteiger partial charge in [0.2, 0.25) is 5.91 Å². The molecule has 0 radical (unpaired) electrons. The molecule has 6 heteroatoms. The first-order valence-electron chi connectivity index (χ1n) is 7.24. The molecule has 1 atom stereocenters. The van der Waals surface area contributed by atoms with E-state index >= 15 is 0 Å². The lowest BCUT2D eigenvalue weighted by Crippen LogP contribution is -2.16. The molecule has 0 unspecified atom stereocenters. The molecule has 23 heavy (non-hydrogen) atoms. The van der Waals surface area contributed by atoms with Crippen LogP contribution in [0.5, 0.6) is 0 Å². The predicted molar refractivity (Wildman–Crippen MR) is 83.5 cm³/mol. The van der Waals surface area contributed by atoms with Gasteiger partial charge < -0.3 is 14.6 Å². The maximum absolute atomic E-state index is 12.2. The minimum absolute atomic E-state index is 0.0836. The van der Waals surface area contributed by atoms with Gasteiger partial charge in [-0.2, -0.15) is 0 Å². The van der Waals surface area contributed by atoms with Crippen LogP contribution in [0.3, 0.4) is 0 Å². The number of ether oxygens (including phenoxy) is 1. The lowest BCUT2D eigenvalue weighted by molar-refractivity contribution is -0.116. The number of benzene rings is 1. The number of Topliss-reactive ketones (excluding diaryl/α,β-unsaturated/α-hetero) is 1. The standard InChI is InChI=1S/C17H16N2O4/c1-10-12-8-11(5-6-13(12)18-16(10)21)15(20)9-23-17(22)14-4-3-7-19(14)2/h3-8,10H,9H2,1-2H3,(H,18,21)/t10-/m1/s1. The highest BCUT2D eigenvalue weighted by atomic mass is 16.5. The fourth-order valence-corrected chi connectivity index (χ4v) is 2.55. The highest BCUT2D eigenvalue weighted by molar-refractivity contribution is 6.05. The van der Waals surface area contributed by atoms with Crippen molar-refractivity contribution in [2.24, 2.45) is 7.05 Å². The number of esters is 1. The summed E-state index contributed by atoms with van der Waals surface area (Å²) in [5.41, 5.74) is 2.32. The Bertz CT molecular complexity index is 807. The molecule has 0 aliphatic carbocycles. The van der Waals surface area contributed by atoms with Crippen molar-refractivity contribution in [3.63, 3.8) is 0 Å². The quantitative estimate of drug-likeness (QED) is 0.693. The Morgan fingerprint density at radius 3 is 2.78 bits per heavy atom. The van der Waals surface area contributed by atoms with Gasteiger partial charge in [0.15, 0.2) is 12.4 Å². The number of carbonyl (C=O) groups is 3. The molecule has 1 aliphatic rings. The molecule has 1 amide bonds. The van der Waals surface area contributed by atoms with E-state index < -0.39 is 5.97 Å². The van der Waals surface area contributed by atoms with Gasteiger partial charge in [-0.25, -0.2) is 4.79 Å². The number of ketones is 1. The smallest absolute Gasteiger partial charge is 0.355 e. The summed E-state index contributed by atoms with van der Waals surface area (Å²) < 4.78 is 6.69. The molecule has 0 spiro atoms. The molecule has 2 aromatic rings. The maximum atomic E-state index is 12.2. The summed E-state index contributed by atoms with van der Waals surface area (Å²) in [5, 5.41) is 2.75. The van der Waals surface area contributed by atoms with E-state index in [0.717, 1.165) is 11.3 Å². The summed E-state index contributed by atoms with van der Waals surface area (Å²) >= 11 is 0. The van der Waals surface area contributed by atoms with E-state index in [1.165, 1.54) is 0 Å². The van der Waals surface area contributed by atoms with Crippen LogP contribution in [0.25, 0.3) is 0 Å².